The number of benzene rings is 3. The number of aliphatic imine (C=N–C) groups is 1. The molecule has 3 atom stereocenters. The number of rotatable bonds is 8. The summed E-state index contributed by atoms with van der Waals surface area (Å²) in [5.41, 5.74) is 6.53. The van der Waals surface area contributed by atoms with Crippen LogP contribution in [0.4, 0.5) is 17.1 Å². The second-order valence-corrected chi connectivity index (χ2v) is 10.4. The van der Waals surface area contributed by atoms with Crippen LogP contribution >= 0.6 is 0 Å². The van der Waals surface area contributed by atoms with E-state index in [0.29, 0.717) is 29.3 Å². The molecule has 3 aliphatic heterocycles. The van der Waals surface area contributed by atoms with Gasteiger partial charge in [0.1, 0.15) is 0 Å². The average Bonchev–Trinajstić information content (AvgIpc) is 3.51. The van der Waals surface area contributed by atoms with Crippen LogP contribution in [0.5, 0.6) is 11.5 Å². The quantitative estimate of drug-likeness (QED) is 0.223. The summed E-state index contributed by atoms with van der Waals surface area (Å²) >= 11 is 0. The molecule has 8 nitrogen and oxygen atoms in total. The van der Waals surface area contributed by atoms with Gasteiger partial charge in [0.05, 0.1) is 30.4 Å². The lowest BCUT2D eigenvalue weighted by molar-refractivity contribution is -0.240. The van der Waals surface area contributed by atoms with Crippen LogP contribution in [-0.2, 0) is 17.7 Å². The van der Waals surface area contributed by atoms with Crippen LogP contribution in [0.2, 0.25) is 0 Å². The van der Waals surface area contributed by atoms with E-state index in [1.807, 2.05) is 55.3 Å². The minimum absolute atomic E-state index is 0.00358. The van der Waals surface area contributed by atoms with Crippen molar-refractivity contribution in [3.8, 4) is 11.5 Å². The SMILES string of the molecule is C=C(CC)N=C[C@@H]1Cc2ccccc2N1C(C)OOc1cc2c(cc1OC)C(=O)N1c3ccccc3C[C@H]1CN2. The number of carbonyl (C=O) groups excluding carboxylic acids is 1. The van der Waals surface area contributed by atoms with Crippen molar-refractivity contribution >= 4 is 29.2 Å². The second-order valence-electron chi connectivity index (χ2n) is 10.4. The minimum Gasteiger partial charge on any atom is -0.493 e. The topological polar surface area (TPSA) is 75.6 Å². The molecule has 6 rings (SSSR count). The van der Waals surface area contributed by atoms with Crippen molar-refractivity contribution in [1.29, 1.82) is 0 Å². The number of amides is 1. The molecule has 0 aromatic heterocycles. The van der Waals surface area contributed by atoms with Crippen LogP contribution in [0.1, 0.15) is 41.8 Å². The van der Waals surface area contributed by atoms with E-state index in [4.69, 9.17) is 14.5 Å². The number of hydrogen-bond donors (Lipinski definition) is 1. The number of carbonyl (C=O) groups is 1. The molecule has 0 aliphatic carbocycles. The van der Waals surface area contributed by atoms with Crippen molar-refractivity contribution in [3.05, 3.63) is 89.6 Å². The van der Waals surface area contributed by atoms with Crippen molar-refractivity contribution in [2.24, 2.45) is 4.99 Å². The van der Waals surface area contributed by atoms with E-state index in [1.54, 1.807) is 19.2 Å². The maximum atomic E-state index is 13.7. The van der Waals surface area contributed by atoms with Crippen LogP contribution in [-0.4, -0.2) is 44.1 Å². The van der Waals surface area contributed by atoms with Crippen molar-refractivity contribution < 1.29 is 19.3 Å². The lowest BCUT2D eigenvalue weighted by Gasteiger charge is -2.30. The Bertz CT molecular complexity index is 1490. The van der Waals surface area contributed by atoms with Gasteiger partial charge in [-0.1, -0.05) is 49.9 Å². The lowest BCUT2D eigenvalue weighted by Crippen LogP contribution is -2.42. The largest absolute Gasteiger partial charge is 0.493 e. The average molecular weight is 539 g/mol. The third-order valence-electron chi connectivity index (χ3n) is 7.92. The Morgan fingerprint density at radius 3 is 2.58 bits per heavy atom. The summed E-state index contributed by atoms with van der Waals surface area (Å²) in [4.78, 5) is 34.2. The molecular weight excluding hydrogens is 504 g/mol. The first-order chi connectivity index (χ1) is 19.5. The highest BCUT2D eigenvalue weighted by Crippen LogP contribution is 2.41. The highest BCUT2D eigenvalue weighted by atomic mass is 17.2. The molecule has 0 saturated heterocycles. The van der Waals surface area contributed by atoms with Gasteiger partial charge >= 0.3 is 0 Å². The normalized spacial score (nSPS) is 19.8. The molecule has 3 heterocycles. The van der Waals surface area contributed by atoms with E-state index >= 15 is 0 Å². The second kappa shape index (κ2) is 10.7. The fourth-order valence-electron chi connectivity index (χ4n) is 5.84. The van der Waals surface area contributed by atoms with Crippen LogP contribution < -0.4 is 24.7 Å². The van der Waals surface area contributed by atoms with Gasteiger partial charge in [0, 0.05) is 35.9 Å². The standard InChI is InChI=1S/C32H34N4O4/c1-5-20(2)33-18-24-14-22-10-6-8-12-28(22)35(24)21(3)39-40-31-17-27-26(16-30(31)38-4)32(37)36-25(19-34-27)15-23-11-7-9-13-29(23)36/h6-13,16-18,21,24-25,34H,2,5,14-15,19H2,1,3-4H3/t21?,24-,25-/m0/s1. The monoisotopic (exact) mass is 538 g/mol. The zero-order valence-electron chi connectivity index (χ0n) is 23.1. The van der Waals surface area contributed by atoms with Crippen molar-refractivity contribution in [3.63, 3.8) is 0 Å². The van der Waals surface area contributed by atoms with Gasteiger partial charge in [-0.2, -0.15) is 4.89 Å². The number of nitrogens with zero attached hydrogens (tertiary/aromatic N) is 3. The Kier molecular flexibility index (Phi) is 6.94. The highest BCUT2D eigenvalue weighted by molar-refractivity contribution is 6.12. The number of allylic oxidation sites excluding steroid dienone is 1. The van der Waals surface area contributed by atoms with E-state index in [0.717, 1.165) is 36.3 Å². The third-order valence-corrected chi connectivity index (χ3v) is 7.92. The molecule has 40 heavy (non-hydrogen) atoms. The van der Waals surface area contributed by atoms with Crippen molar-refractivity contribution in [1.82, 2.24) is 0 Å². The summed E-state index contributed by atoms with van der Waals surface area (Å²) in [6.07, 6.45) is 3.94. The molecule has 1 amide bonds. The number of ether oxygens (including phenoxy) is 1. The lowest BCUT2D eigenvalue weighted by atomic mass is 10.1. The highest BCUT2D eigenvalue weighted by Gasteiger charge is 2.38. The van der Waals surface area contributed by atoms with Crippen LogP contribution in [0.25, 0.3) is 0 Å². The number of anilines is 3. The number of nitrogens with one attached hydrogen (secondary N) is 1. The molecule has 1 unspecified atom stereocenters. The Hall–Kier alpha value is -4.30. The first-order valence-electron chi connectivity index (χ1n) is 13.8. The zero-order valence-corrected chi connectivity index (χ0v) is 23.1. The first kappa shape index (κ1) is 26.0. The molecule has 0 radical (unpaired) electrons. The Balaban J connectivity index is 1.24. The molecule has 0 fully saturated rings. The molecule has 3 aromatic carbocycles. The predicted octanol–water partition coefficient (Wildman–Crippen LogP) is 5.77. The van der Waals surface area contributed by atoms with Crippen LogP contribution in [0, 0.1) is 0 Å². The van der Waals surface area contributed by atoms with E-state index in [1.165, 1.54) is 11.1 Å². The summed E-state index contributed by atoms with van der Waals surface area (Å²) in [6, 6.07) is 19.9. The van der Waals surface area contributed by atoms with Gasteiger partial charge in [-0.3, -0.25) is 9.79 Å². The van der Waals surface area contributed by atoms with Gasteiger partial charge in [0.2, 0.25) is 5.75 Å². The van der Waals surface area contributed by atoms with Gasteiger partial charge < -0.3 is 24.7 Å². The van der Waals surface area contributed by atoms with Gasteiger partial charge in [-0.25, -0.2) is 0 Å². The van der Waals surface area contributed by atoms with E-state index in [-0.39, 0.29) is 18.0 Å². The van der Waals surface area contributed by atoms with Crippen LogP contribution in [0.15, 0.2) is 77.9 Å². The molecule has 3 aliphatic rings. The number of methoxy groups -OCH3 is 1. The molecule has 8 heteroatoms. The Morgan fingerprint density at radius 1 is 1.10 bits per heavy atom. The predicted molar refractivity (Wildman–Crippen MR) is 158 cm³/mol. The van der Waals surface area contributed by atoms with Crippen molar-refractivity contribution in [2.75, 3.05) is 28.8 Å². The Labute approximate surface area is 234 Å². The fourth-order valence-corrected chi connectivity index (χ4v) is 5.84. The smallest absolute Gasteiger partial charge is 0.260 e. The van der Waals surface area contributed by atoms with E-state index in [2.05, 4.69) is 40.0 Å². The summed E-state index contributed by atoms with van der Waals surface area (Å²) in [7, 11) is 1.56. The summed E-state index contributed by atoms with van der Waals surface area (Å²) in [5, 5.41) is 3.46. The van der Waals surface area contributed by atoms with Gasteiger partial charge in [0.15, 0.2) is 12.0 Å². The first-order valence-corrected chi connectivity index (χ1v) is 13.8. The van der Waals surface area contributed by atoms with Gasteiger partial charge in [0.25, 0.3) is 5.91 Å². The molecule has 1 N–H and O–H groups in total. The summed E-state index contributed by atoms with van der Waals surface area (Å²) < 4.78 is 5.65. The fraction of sp³-hybridized carbons (Fsp3) is 0.312. The molecular formula is C32H34N4O4. The molecule has 0 saturated carbocycles. The van der Waals surface area contributed by atoms with E-state index in [9.17, 15) is 4.79 Å². The zero-order chi connectivity index (χ0) is 27.8. The maximum absolute atomic E-state index is 13.7. The van der Waals surface area contributed by atoms with Crippen LogP contribution in [0.3, 0.4) is 0 Å². The number of hydrogen-bond acceptors (Lipinski definition) is 7. The Morgan fingerprint density at radius 2 is 1.82 bits per heavy atom. The summed E-state index contributed by atoms with van der Waals surface area (Å²) in [6.45, 7) is 8.62. The third kappa shape index (κ3) is 4.58. The number of para-hydroxylation sites is 2. The number of fused-ring (bicyclic) bond motifs is 5. The van der Waals surface area contributed by atoms with Gasteiger partial charge in [-0.15, -0.1) is 0 Å². The summed E-state index contributed by atoms with van der Waals surface area (Å²) in [5.74, 6) is 0.762. The molecule has 0 bridgehead atoms. The van der Waals surface area contributed by atoms with Gasteiger partial charge in [-0.05, 0) is 55.5 Å². The molecule has 206 valence electrons. The van der Waals surface area contributed by atoms with Crippen molar-refractivity contribution in [2.45, 2.75) is 51.4 Å². The maximum Gasteiger partial charge on any atom is 0.260 e. The molecule has 0 spiro atoms. The minimum atomic E-state index is -0.435. The molecule has 3 aromatic rings. The van der Waals surface area contributed by atoms with E-state index < -0.39 is 6.23 Å².